The average molecular weight is 280 g/mol. The van der Waals surface area contributed by atoms with E-state index in [2.05, 4.69) is 15.4 Å². The van der Waals surface area contributed by atoms with E-state index >= 15 is 0 Å². The standard InChI is InChI=1S/C11H12N4O3S/c1-6(2)15-4-3-8(14-15)13-9(16)10-12-7(5-19-10)11(17)18/h3-6H,1-2H3,(H,17,18)(H,13,14,16). The Morgan fingerprint density at radius 1 is 1.47 bits per heavy atom. The van der Waals surface area contributed by atoms with Crippen molar-refractivity contribution < 1.29 is 14.7 Å². The number of nitrogens with one attached hydrogen (secondary N) is 1. The number of aromatic carboxylic acids is 1. The fourth-order valence-corrected chi connectivity index (χ4v) is 2.02. The second-order valence-corrected chi connectivity index (χ2v) is 4.93. The summed E-state index contributed by atoms with van der Waals surface area (Å²) in [5.74, 6) is -1.21. The van der Waals surface area contributed by atoms with E-state index in [1.165, 1.54) is 5.38 Å². The summed E-state index contributed by atoms with van der Waals surface area (Å²) in [4.78, 5) is 26.2. The van der Waals surface area contributed by atoms with Gasteiger partial charge in [-0.2, -0.15) is 5.10 Å². The van der Waals surface area contributed by atoms with E-state index in [0.29, 0.717) is 5.82 Å². The van der Waals surface area contributed by atoms with Crippen LogP contribution >= 0.6 is 11.3 Å². The molecule has 0 fully saturated rings. The Hall–Kier alpha value is -2.22. The Kier molecular flexibility index (Phi) is 3.61. The second kappa shape index (κ2) is 5.19. The smallest absolute Gasteiger partial charge is 0.355 e. The number of rotatable bonds is 4. The summed E-state index contributed by atoms with van der Waals surface area (Å²) < 4.78 is 1.71. The molecule has 100 valence electrons. The normalized spacial score (nSPS) is 10.7. The Morgan fingerprint density at radius 2 is 2.21 bits per heavy atom. The number of hydrogen-bond donors (Lipinski definition) is 2. The van der Waals surface area contributed by atoms with Gasteiger partial charge in [-0.05, 0) is 13.8 Å². The lowest BCUT2D eigenvalue weighted by Crippen LogP contribution is -2.13. The first-order chi connectivity index (χ1) is 8.97. The Morgan fingerprint density at radius 3 is 2.74 bits per heavy atom. The first-order valence-corrected chi connectivity index (χ1v) is 6.40. The molecule has 7 nitrogen and oxygen atoms in total. The molecule has 2 aromatic heterocycles. The number of carbonyl (C=O) groups excluding carboxylic acids is 1. The van der Waals surface area contributed by atoms with Gasteiger partial charge in [0, 0.05) is 23.7 Å². The van der Waals surface area contributed by atoms with Gasteiger partial charge in [0.15, 0.2) is 16.5 Å². The summed E-state index contributed by atoms with van der Waals surface area (Å²) >= 11 is 0.980. The van der Waals surface area contributed by atoms with Gasteiger partial charge in [-0.1, -0.05) is 0 Å². The van der Waals surface area contributed by atoms with E-state index < -0.39 is 11.9 Å². The van der Waals surface area contributed by atoms with Crippen LogP contribution in [-0.4, -0.2) is 31.7 Å². The number of anilines is 1. The summed E-state index contributed by atoms with van der Waals surface area (Å²) in [6, 6.07) is 1.87. The predicted octanol–water partition coefficient (Wildman–Crippen LogP) is 1.87. The highest BCUT2D eigenvalue weighted by Crippen LogP contribution is 2.13. The Labute approximate surface area is 112 Å². The molecular formula is C11H12N4O3S. The minimum absolute atomic E-state index is 0.0940. The van der Waals surface area contributed by atoms with Gasteiger partial charge in [0.05, 0.1) is 0 Å². The third kappa shape index (κ3) is 2.97. The topological polar surface area (TPSA) is 97.1 Å². The molecule has 2 rings (SSSR count). The van der Waals surface area contributed by atoms with E-state index in [1.54, 1.807) is 16.9 Å². The van der Waals surface area contributed by atoms with Gasteiger partial charge in [-0.15, -0.1) is 11.3 Å². The van der Waals surface area contributed by atoms with Crippen LogP contribution in [0, 0.1) is 0 Å². The summed E-state index contributed by atoms with van der Waals surface area (Å²) in [7, 11) is 0. The molecule has 0 atom stereocenters. The monoisotopic (exact) mass is 280 g/mol. The molecule has 0 unspecified atom stereocenters. The highest BCUT2D eigenvalue weighted by molar-refractivity contribution is 7.12. The van der Waals surface area contributed by atoms with Crippen LogP contribution in [0.5, 0.6) is 0 Å². The van der Waals surface area contributed by atoms with Gasteiger partial charge < -0.3 is 10.4 Å². The van der Waals surface area contributed by atoms with Crippen LogP contribution in [0.3, 0.4) is 0 Å². The zero-order valence-corrected chi connectivity index (χ0v) is 11.1. The molecule has 2 heterocycles. The van der Waals surface area contributed by atoms with Gasteiger partial charge in [-0.25, -0.2) is 9.78 Å². The van der Waals surface area contributed by atoms with Crippen LogP contribution in [-0.2, 0) is 0 Å². The van der Waals surface area contributed by atoms with Gasteiger partial charge in [0.25, 0.3) is 5.91 Å². The molecule has 8 heteroatoms. The molecular weight excluding hydrogens is 268 g/mol. The van der Waals surface area contributed by atoms with Crippen molar-refractivity contribution in [2.24, 2.45) is 0 Å². The quantitative estimate of drug-likeness (QED) is 0.891. The van der Waals surface area contributed by atoms with Crippen LogP contribution in [0.4, 0.5) is 5.82 Å². The first kappa shape index (κ1) is 13.2. The van der Waals surface area contributed by atoms with Crippen molar-refractivity contribution in [3.8, 4) is 0 Å². The van der Waals surface area contributed by atoms with E-state index in [0.717, 1.165) is 11.3 Å². The molecule has 0 aliphatic heterocycles. The molecule has 0 radical (unpaired) electrons. The largest absolute Gasteiger partial charge is 0.476 e. The van der Waals surface area contributed by atoms with E-state index in [9.17, 15) is 9.59 Å². The Balaban J connectivity index is 2.09. The van der Waals surface area contributed by atoms with Crippen molar-refractivity contribution >= 4 is 29.0 Å². The average Bonchev–Trinajstić information content (AvgIpc) is 2.96. The minimum Gasteiger partial charge on any atom is -0.476 e. The molecule has 0 bridgehead atoms. The lowest BCUT2D eigenvalue weighted by Gasteiger charge is -2.03. The summed E-state index contributed by atoms with van der Waals surface area (Å²) in [6.45, 7) is 3.94. The van der Waals surface area contributed by atoms with Gasteiger partial charge in [0.2, 0.25) is 0 Å². The minimum atomic E-state index is -1.15. The number of carbonyl (C=O) groups is 2. The van der Waals surface area contributed by atoms with Crippen LogP contribution in [0.15, 0.2) is 17.6 Å². The molecule has 0 aromatic carbocycles. The van der Waals surface area contributed by atoms with Crippen LogP contribution < -0.4 is 5.32 Å². The van der Waals surface area contributed by atoms with E-state index in [4.69, 9.17) is 5.11 Å². The number of carboxylic acids is 1. The molecule has 0 saturated heterocycles. The van der Waals surface area contributed by atoms with E-state index in [-0.39, 0.29) is 16.7 Å². The molecule has 0 saturated carbocycles. The van der Waals surface area contributed by atoms with Crippen LogP contribution in [0.25, 0.3) is 0 Å². The fraction of sp³-hybridized carbons (Fsp3) is 0.273. The van der Waals surface area contributed by atoms with Crippen LogP contribution in [0.1, 0.15) is 40.2 Å². The van der Waals surface area contributed by atoms with Crippen molar-refractivity contribution in [1.82, 2.24) is 14.8 Å². The molecule has 0 spiro atoms. The zero-order valence-electron chi connectivity index (χ0n) is 10.3. The van der Waals surface area contributed by atoms with Gasteiger partial charge >= 0.3 is 5.97 Å². The van der Waals surface area contributed by atoms with Crippen molar-refractivity contribution in [3.63, 3.8) is 0 Å². The van der Waals surface area contributed by atoms with Gasteiger partial charge in [0.1, 0.15) is 0 Å². The maximum Gasteiger partial charge on any atom is 0.355 e. The van der Waals surface area contributed by atoms with E-state index in [1.807, 2.05) is 13.8 Å². The zero-order chi connectivity index (χ0) is 14.0. The number of amides is 1. The highest BCUT2D eigenvalue weighted by atomic mass is 32.1. The number of nitrogens with zero attached hydrogens (tertiary/aromatic N) is 3. The first-order valence-electron chi connectivity index (χ1n) is 5.52. The molecule has 0 aliphatic carbocycles. The molecule has 0 aliphatic rings. The lowest BCUT2D eigenvalue weighted by molar-refractivity contribution is 0.0691. The highest BCUT2D eigenvalue weighted by Gasteiger charge is 2.15. The second-order valence-electron chi connectivity index (χ2n) is 4.07. The van der Waals surface area contributed by atoms with Crippen molar-refractivity contribution in [3.05, 3.63) is 28.3 Å². The van der Waals surface area contributed by atoms with Crippen molar-refractivity contribution in [2.45, 2.75) is 19.9 Å². The van der Waals surface area contributed by atoms with Crippen LogP contribution in [0.2, 0.25) is 0 Å². The van der Waals surface area contributed by atoms with Crippen molar-refractivity contribution in [2.75, 3.05) is 5.32 Å². The third-order valence-corrected chi connectivity index (χ3v) is 3.14. The summed E-state index contributed by atoms with van der Waals surface area (Å²) in [6.07, 6.45) is 1.75. The van der Waals surface area contributed by atoms with Crippen molar-refractivity contribution in [1.29, 1.82) is 0 Å². The third-order valence-electron chi connectivity index (χ3n) is 2.30. The Bertz CT molecular complexity index is 617. The van der Waals surface area contributed by atoms with Gasteiger partial charge in [-0.3, -0.25) is 9.48 Å². The predicted molar refractivity (Wildman–Crippen MR) is 69.6 cm³/mol. The summed E-state index contributed by atoms with van der Waals surface area (Å²) in [5.41, 5.74) is -0.136. The number of thiazole rings is 1. The number of carboxylic acid groups (broad SMARTS) is 1. The number of aromatic nitrogens is 3. The number of hydrogen-bond acceptors (Lipinski definition) is 5. The molecule has 19 heavy (non-hydrogen) atoms. The summed E-state index contributed by atoms with van der Waals surface area (Å²) in [5, 5.41) is 16.9. The molecule has 2 aromatic rings. The maximum atomic E-state index is 11.8. The SMILES string of the molecule is CC(C)n1ccc(NC(=O)c2nc(C(=O)O)cs2)n1. The fourth-order valence-electron chi connectivity index (χ4n) is 1.34. The maximum absolute atomic E-state index is 11.8. The molecule has 2 N–H and O–H groups in total. The molecule has 1 amide bonds. The lowest BCUT2D eigenvalue weighted by atomic mass is 10.4.